The van der Waals surface area contributed by atoms with Crippen LogP contribution in [0.3, 0.4) is 0 Å². The largest absolute Gasteiger partial charge is 0.489 e. The zero-order valence-electron chi connectivity index (χ0n) is 12.3. The van der Waals surface area contributed by atoms with Gasteiger partial charge in [-0.15, -0.1) is 0 Å². The van der Waals surface area contributed by atoms with Crippen LogP contribution in [-0.2, 0) is 4.79 Å². The number of para-hydroxylation sites is 1. The smallest absolute Gasteiger partial charge is 0.239 e. The average molecular weight is 282 g/mol. The molecule has 0 fully saturated rings. The van der Waals surface area contributed by atoms with Crippen LogP contribution in [0.1, 0.15) is 20.3 Å². The molecule has 5 heteroatoms. The predicted octanol–water partition coefficient (Wildman–Crippen LogP) is 2.04. The van der Waals surface area contributed by atoms with Gasteiger partial charge < -0.3 is 15.4 Å². The number of hydrogen-bond acceptors (Lipinski definition) is 3. The third kappa shape index (κ3) is 4.49. The van der Waals surface area contributed by atoms with Crippen molar-refractivity contribution < 1.29 is 13.9 Å². The Labute approximate surface area is 119 Å². The lowest BCUT2D eigenvalue weighted by atomic mass is 9.99. The van der Waals surface area contributed by atoms with E-state index in [1.807, 2.05) is 13.8 Å². The normalized spacial score (nSPS) is 13.7. The number of nitrogens with two attached hydrogens (primary N) is 1. The summed E-state index contributed by atoms with van der Waals surface area (Å²) in [6.07, 6.45) is 0.854. The molecule has 20 heavy (non-hydrogen) atoms. The number of carbonyl (C=O) groups is 1. The van der Waals surface area contributed by atoms with E-state index in [1.165, 1.54) is 11.0 Å². The highest BCUT2D eigenvalue weighted by Crippen LogP contribution is 2.15. The molecule has 0 radical (unpaired) electrons. The van der Waals surface area contributed by atoms with Gasteiger partial charge in [0.1, 0.15) is 6.61 Å². The molecule has 0 saturated heterocycles. The fourth-order valence-corrected chi connectivity index (χ4v) is 1.72. The van der Waals surface area contributed by atoms with Crippen LogP contribution in [0.2, 0.25) is 0 Å². The minimum atomic E-state index is -0.501. The van der Waals surface area contributed by atoms with Crippen LogP contribution in [0.4, 0.5) is 4.39 Å². The molecule has 1 aromatic rings. The molecule has 1 rings (SSSR count). The second kappa shape index (κ2) is 7.85. The first-order valence-electron chi connectivity index (χ1n) is 6.85. The van der Waals surface area contributed by atoms with Crippen molar-refractivity contribution in [3.05, 3.63) is 30.1 Å². The van der Waals surface area contributed by atoms with Crippen LogP contribution in [0.25, 0.3) is 0 Å². The van der Waals surface area contributed by atoms with Crippen molar-refractivity contribution in [2.45, 2.75) is 26.3 Å². The second-order valence-corrected chi connectivity index (χ2v) is 4.95. The van der Waals surface area contributed by atoms with Gasteiger partial charge in [-0.25, -0.2) is 4.39 Å². The van der Waals surface area contributed by atoms with E-state index in [-0.39, 0.29) is 24.2 Å². The third-order valence-corrected chi connectivity index (χ3v) is 3.44. The number of hydrogen-bond donors (Lipinski definition) is 1. The molecule has 0 saturated carbocycles. The first-order chi connectivity index (χ1) is 9.47. The fourth-order valence-electron chi connectivity index (χ4n) is 1.72. The summed E-state index contributed by atoms with van der Waals surface area (Å²) in [5, 5.41) is 0. The van der Waals surface area contributed by atoms with Gasteiger partial charge in [0.15, 0.2) is 11.6 Å². The Hall–Kier alpha value is -1.62. The van der Waals surface area contributed by atoms with Crippen molar-refractivity contribution in [3.8, 4) is 5.75 Å². The topological polar surface area (TPSA) is 55.6 Å². The van der Waals surface area contributed by atoms with Crippen molar-refractivity contribution in [1.82, 2.24) is 4.90 Å². The predicted molar refractivity (Wildman–Crippen MR) is 77.0 cm³/mol. The molecule has 0 heterocycles. The molecule has 0 aliphatic carbocycles. The Morgan fingerprint density at radius 1 is 1.45 bits per heavy atom. The first kappa shape index (κ1) is 16.4. The van der Waals surface area contributed by atoms with Crippen molar-refractivity contribution in [3.63, 3.8) is 0 Å². The van der Waals surface area contributed by atoms with Crippen molar-refractivity contribution in [2.75, 3.05) is 20.2 Å². The van der Waals surface area contributed by atoms with Crippen molar-refractivity contribution in [1.29, 1.82) is 0 Å². The number of nitrogens with zero attached hydrogens (tertiary/aromatic N) is 1. The maximum atomic E-state index is 13.3. The van der Waals surface area contributed by atoms with E-state index < -0.39 is 11.9 Å². The van der Waals surface area contributed by atoms with Crippen LogP contribution in [0.5, 0.6) is 5.75 Å². The number of rotatable bonds is 7. The van der Waals surface area contributed by atoms with Gasteiger partial charge in [-0.1, -0.05) is 32.4 Å². The van der Waals surface area contributed by atoms with E-state index in [4.69, 9.17) is 10.5 Å². The van der Waals surface area contributed by atoms with E-state index >= 15 is 0 Å². The van der Waals surface area contributed by atoms with Gasteiger partial charge in [-0.05, 0) is 18.1 Å². The maximum absolute atomic E-state index is 13.3. The SMILES string of the molecule is CCC(C)C(N)C(=O)N(C)CCOc1ccccc1F. The number of ether oxygens (including phenoxy) is 1. The number of benzene rings is 1. The van der Waals surface area contributed by atoms with Crippen LogP contribution in [0.15, 0.2) is 24.3 Å². The lowest BCUT2D eigenvalue weighted by Crippen LogP contribution is -2.46. The molecule has 2 atom stereocenters. The van der Waals surface area contributed by atoms with Crippen LogP contribution < -0.4 is 10.5 Å². The molecule has 0 aliphatic heterocycles. The number of likely N-dealkylation sites (N-methyl/N-ethyl adjacent to an activating group) is 1. The number of carbonyl (C=O) groups excluding carboxylic acids is 1. The Bertz CT molecular complexity index is 440. The van der Waals surface area contributed by atoms with Gasteiger partial charge in [0.05, 0.1) is 12.6 Å². The van der Waals surface area contributed by atoms with Crippen LogP contribution >= 0.6 is 0 Å². The van der Waals surface area contributed by atoms with Crippen LogP contribution in [-0.4, -0.2) is 37.0 Å². The molecular weight excluding hydrogens is 259 g/mol. The Morgan fingerprint density at radius 2 is 2.10 bits per heavy atom. The molecule has 4 nitrogen and oxygen atoms in total. The molecule has 1 aromatic carbocycles. The van der Waals surface area contributed by atoms with Crippen molar-refractivity contribution >= 4 is 5.91 Å². The minimum Gasteiger partial charge on any atom is -0.489 e. The molecule has 1 amide bonds. The molecule has 0 spiro atoms. The van der Waals surface area contributed by atoms with E-state index in [0.29, 0.717) is 6.54 Å². The fraction of sp³-hybridized carbons (Fsp3) is 0.533. The monoisotopic (exact) mass is 282 g/mol. The highest BCUT2D eigenvalue weighted by atomic mass is 19.1. The van der Waals surface area contributed by atoms with E-state index in [0.717, 1.165) is 6.42 Å². The number of halogens is 1. The summed E-state index contributed by atoms with van der Waals surface area (Å²) in [4.78, 5) is 13.5. The summed E-state index contributed by atoms with van der Waals surface area (Å²) in [5.41, 5.74) is 5.89. The van der Waals surface area contributed by atoms with Gasteiger partial charge in [-0.2, -0.15) is 0 Å². The van der Waals surface area contributed by atoms with Gasteiger partial charge in [-0.3, -0.25) is 4.79 Å². The van der Waals surface area contributed by atoms with Gasteiger partial charge in [0.2, 0.25) is 5.91 Å². The summed E-state index contributed by atoms with van der Waals surface area (Å²) in [6.45, 7) is 4.55. The van der Waals surface area contributed by atoms with Crippen molar-refractivity contribution in [2.24, 2.45) is 11.7 Å². The van der Waals surface area contributed by atoms with Crippen LogP contribution in [0, 0.1) is 11.7 Å². The second-order valence-electron chi connectivity index (χ2n) is 4.95. The van der Waals surface area contributed by atoms with Gasteiger partial charge >= 0.3 is 0 Å². The Balaban J connectivity index is 2.42. The van der Waals surface area contributed by atoms with Gasteiger partial charge in [0, 0.05) is 7.05 Å². The maximum Gasteiger partial charge on any atom is 0.239 e. The Kier molecular flexibility index (Phi) is 6.45. The number of amides is 1. The summed E-state index contributed by atoms with van der Waals surface area (Å²) in [5.74, 6) is -0.189. The first-order valence-corrected chi connectivity index (χ1v) is 6.85. The molecule has 0 aliphatic rings. The summed E-state index contributed by atoms with van der Waals surface area (Å²) in [7, 11) is 1.68. The molecule has 0 bridgehead atoms. The van der Waals surface area contributed by atoms with E-state index in [2.05, 4.69) is 0 Å². The molecule has 2 unspecified atom stereocenters. The summed E-state index contributed by atoms with van der Waals surface area (Å²) < 4.78 is 18.6. The quantitative estimate of drug-likeness (QED) is 0.832. The highest BCUT2D eigenvalue weighted by Gasteiger charge is 2.22. The lowest BCUT2D eigenvalue weighted by Gasteiger charge is -2.24. The minimum absolute atomic E-state index is 0.114. The molecular formula is C15H23FN2O2. The van der Waals surface area contributed by atoms with Gasteiger partial charge in [0.25, 0.3) is 0 Å². The van der Waals surface area contributed by atoms with E-state index in [9.17, 15) is 9.18 Å². The lowest BCUT2D eigenvalue weighted by molar-refractivity contribution is -0.132. The summed E-state index contributed by atoms with van der Waals surface area (Å²) >= 11 is 0. The van der Waals surface area contributed by atoms with E-state index in [1.54, 1.807) is 25.2 Å². The zero-order chi connectivity index (χ0) is 15.1. The molecule has 112 valence electrons. The average Bonchev–Trinajstić information content (AvgIpc) is 2.46. The standard InChI is InChI=1S/C15H23FN2O2/c1-4-11(2)14(17)15(19)18(3)9-10-20-13-8-6-5-7-12(13)16/h5-8,11,14H,4,9-10,17H2,1-3H3. The zero-order valence-corrected chi connectivity index (χ0v) is 12.3. The summed E-state index contributed by atoms with van der Waals surface area (Å²) in [6, 6.07) is 5.69. The third-order valence-electron chi connectivity index (χ3n) is 3.44. The highest BCUT2D eigenvalue weighted by molar-refractivity contribution is 5.81. The Morgan fingerprint density at radius 3 is 2.70 bits per heavy atom. The molecule has 0 aromatic heterocycles. The molecule has 2 N–H and O–H groups in total.